The molecule has 1 atom stereocenters. The van der Waals surface area contributed by atoms with Gasteiger partial charge in [0.05, 0.1) is 0 Å². The molecule has 0 saturated carbocycles. The van der Waals surface area contributed by atoms with E-state index in [4.69, 9.17) is 0 Å². The zero-order chi connectivity index (χ0) is 10.8. The molecule has 15 heavy (non-hydrogen) atoms. The molecule has 2 aromatic rings. The molecule has 1 unspecified atom stereocenters. The van der Waals surface area contributed by atoms with Gasteiger partial charge in [0.1, 0.15) is 0 Å². The summed E-state index contributed by atoms with van der Waals surface area (Å²) in [7, 11) is 0. The first-order chi connectivity index (χ1) is 7.22. The summed E-state index contributed by atoms with van der Waals surface area (Å²) in [5, 5.41) is 2.75. The summed E-state index contributed by atoms with van der Waals surface area (Å²) in [4.78, 5) is 0. The average Bonchev–Trinajstić information content (AvgIpc) is 2.28. The maximum absolute atomic E-state index is 2.33. The van der Waals surface area contributed by atoms with Crippen LogP contribution in [0, 0.1) is 6.92 Å². The predicted octanol–water partition coefficient (Wildman–Crippen LogP) is 4.66. The van der Waals surface area contributed by atoms with E-state index < -0.39 is 0 Å². The van der Waals surface area contributed by atoms with E-state index in [9.17, 15) is 0 Å². The van der Waals surface area contributed by atoms with Crippen molar-refractivity contribution in [2.75, 3.05) is 0 Å². The highest BCUT2D eigenvalue weighted by Gasteiger charge is 2.04. The van der Waals surface area contributed by atoms with Gasteiger partial charge in [-0.25, -0.2) is 0 Å². The summed E-state index contributed by atoms with van der Waals surface area (Å²) in [6.07, 6.45) is 1.21. The summed E-state index contributed by atoms with van der Waals surface area (Å²) in [6.45, 7) is 6.70. The summed E-state index contributed by atoms with van der Waals surface area (Å²) in [6, 6.07) is 13.4. The van der Waals surface area contributed by atoms with Gasteiger partial charge < -0.3 is 0 Å². The van der Waals surface area contributed by atoms with Gasteiger partial charge in [-0.3, -0.25) is 0 Å². The molecule has 0 saturated heterocycles. The standard InChI is InChI=1S/C15H18/c1-4-11(2)13-8-9-15-12(3)6-5-7-14(15)10-13/h5-11H,4H2,1-3H3. The minimum atomic E-state index is 0.662. The topological polar surface area (TPSA) is 0 Å². The Bertz CT molecular complexity index is 468. The second kappa shape index (κ2) is 4.06. The van der Waals surface area contributed by atoms with Crippen molar-refractivity contribution in [2.24, 2.45) is 0 Å². The fraction of sp³-hybridized carbons (Fsp3) is 0.333. The molecule has 0 aromatic heterocycles. The van der Waals surface area contributed by atoms with Gasteiger partial charge in [0, 0.05) is 0 Å². The molecule has 78 valence electrons. The van der Waals surface area contributed by atoms with E-state index in [-0.39, 0.29) is 0 Å². The summed E-state index contributed by atoms with van der Waals surface area (Å²) in [5.41, 5.74) is 2.82. The molecule has 2 aromatic carbocycles. The Morgan fingerprint density at radius 3 is 2.67 bits per heavy atom. The first kappa shape index (κ1) is 10.2. The van der Waals surface area contributed by atoms with Gasteiger partial charge in [-0.1, -0.05) is 50.2 Å². The van der Waals surface area contributed by atoms with Crippen LogP contribution in [0.25, 0.3) is 10.8 Å². The van der Waals surface area contributed by atoms with E-state index in [0.717, 1.165) is 0 Å². The second-order valence-corrected chi connectivity index (χ2v) is 4.36. The Balaban J connectivity index is 2.57. The third kappa shape index (κ3) is 1.90. The molecular formula is C15H18. The highest BCUT2D eigenvalue weighted by Crippen LogP contribution is 2.25. The summed E-state index contributed by atoms with van der Waals surface area (Å²) < 4.78 is 0. The van der Waals surface area contributed by atoms with Crippen LogP contribution in [0.4, 0.5) is 0 Å². The number of fused-ring (bicyclic) bond motifs is 1. The van der Waals surface area contributed by atoms with Crippen molar-refractivity contribution < 1.29 is 0 Å². The van der Waals surface area contributed by atoms with Gasteiger partial charge in [0.25, 0.3) is 0 Å². The van der Waals surface area contributed by atoms with Gasteiger partial charge in [-0.15, -0.1) is 0 Å². The van der Waals surface area contributed by atoms with Gasteiger partial charge in [-0.2, -0.15) is 0 Å². The van der Waals surface area contributed by atoms with Gasteiger partial charge >= 0.3 is 0 Å². The smallest absolute Gasteiger partial charge is 0.0155 e. The van der Waals surface area contributed by atoms with E-state index in [2.05, 4.69) is 57.2 Å². The first-order valence-electron chi connectivity index (χ1n) is 5.71. The Morgan fingerprint density at radius 1 is 1.13 bits per heavy atom. The molecule has 0 aliphatic heterocycles. The van der Waals surface area contributed by atoms with Crippen molar-refractivity contribution in [3.8, 4) is 0 Å². The zero-order valence-corrected chi connectivity index (χ0v) is 9.75. The van der Waals surface area contributed by atoms with E-state index in [0.29, 0.717) is 5.92 Å². The largest absolute Gasteiger partial charge is 0.0648 e. The van der Waals surface area contributed by atoms with Crippen LogP contribution < -0.4 is 0 Å². The maximum Gasteiger partial charge on any atom is -0.0155 e. The monoisotopic (exact) mass is 198 g/mol. The number of rotatable bonds is 2. The van der Waals surface area contributed by atoms with Gasteiger partial charge in [0.15, 0.2) is 0 Å². The van der Waals surface area contributed by atoms with E-state index >= 15 is 0 Å². The SMILES string of the molecule is CCC(C)c1ccc2c(C)cccc2c1. The molecule has 0 aliphatic rings. The predicted molar refractivity (Wildman–Crippen MR) is 67.4 cm³/mol. The van der Waals surface area contributed by atoms with Crippen molar-refractivity contribution in [1.82, 2.24) is 0 Å². The zero-order valence-electron chi connectivity index (χ0n) is 9.75. The molecule has 0 aliphatic carbocycles. The van der Waals surface area contributed by atoms with Gasteiger partial charge in [0.2, 0.25) is 0 Å². The molecule has 0 heterocycles. The lowest BCUT2D eigenvalue weighted by atomic mass is 9.95. The van der Waals surface area contributed by atoms with Crippen molar-refractivity contribution in [1.29, 1.82) is 0 Å². The highest BCUT2D eigenvalue weighted by atomic mass is 14.1. The number of aryl methyl sites for hydroxylation is 1. The van der Waals surface area contributed by atoms with E-state index in [1.807, 2.05) is 0 Å². The lowest BCUT2D eigenvalue weighted by molar-refractivity contribution is 0.735. The first-order valence-corrected chi connectivity index (χ1v) is 5.71. The van der Waals surface area contributed by atoms with Crippen LogP contribution in [0.1, 0.15) is 37.3 Å². The molecule has 0 heteroatoms. The molecule has 2 rings (SSSR count). The molecule has 0 amide bonds. The summed E-state index contributed by atoms with van der Waals surface area (Å²) in [5.74, 6) is 0.662. The van der Waals surface area contributed by atoms with Gasteiger partial charge in [-0.05, 0) is 41.2 Å². The summed E-state index contributed by atoms with van der Waals surface area (Å²) >= 11 is 0. The van der Waals surface area contributed by atoms with Crippen LogP contribution in [0.3, 0.4) is 0 Å². The van der Waals surface area contributed by atoms with Crippen LogP contribution >= 0.6 is 0 Å². The molecule has 0 fully saturated rings. The third-order valence-electron chi connectivity index (χ3n) is 3.30. The number of hydrogen-bond acceptors (Lipinski definition) is 0. The number of hydrogen-bond donors (Lipinski definition) is 0. The van der Waals surface area contributed by atoms with Crippen LogP contribution in [0.15, 0.2) is 36.4 Å². The quantitative estimate of drug-likeness (QED) is 0.658. The maximum atomic E-state index is 2.33. The Morgan fingerprint density at radius 2 is 1.93 bits per heavy atom. The van der Waals surface area contributed by atoms with E-state index in [1.165, 1.54) is 28.3 Å². The lowest BCUT2D eigenvalue weighted by Gasteiger charge is -2.10. The normalized spacial score (nSPS) is 13.0. The molecule has 0 bridgehead atoms. The Kier molecular flexibility index (Phi) is 2.77. The van der Waals surface area contributed by atoms with Crippen molar-refractivity contribution in [2.45, 2.75) is 33.1 Å². The van der Waals surface area contributed by atoms with Crippen molar-refractivity contribution in [3.63, 3.8) is 0 Å². The molecule has 0 spiro atoms. The molecular weight excluding hydrogens is 180 g/mol. The second-order valence-electron chi connectivity index (χ2n) is 4.36. The highest BCUT2D eigenvalue weighted by molar-refractivity contribution is 5.86. The minimum absolute atomic E-state index is 0.662. The van der Waals surface area contributed by atoms with Crippen LogP contribution in [0.2, 0.25) is 0 Å². The third-order valence-corrected chi connectivity index (χ3v) is 3.30. The van der Waals surface area contributed by atoms with Crippen LogP contribution in [-0.2, 0) is 0 Å². The van der Waals surface area contributed by atoms with Crippen LogP contribution in [0.5, 0.6) is 0 Å². The van der Waals surface area contributed by atoms with Crippen LogP contribution in [-0.4, -0.2) is 0 Å². The molecule has 0 nitrogen and oxygen atoms in total. The minimum Gasteiger partial charge on any atom is -0.0648 e. The lowest BCUT2D eigenvalue weighted by Crippen LogP contribution is -1.91. The molecule has 0 N–H and O–H groups in total. The van der Waals surface area contributed by atoms with Crippen molar-refractivity contribution in [3.05, 3.63) is 47.5 Å². The fourth-order valence-corrected chi connectivity index (χ4v) is 2.01. The Labute approximate surface area is 91.9 Å². The number of benzene rings is 2. The Hall–Kier alpha value is -1.30. The fourth-order valence-electron chi connectivity index (χ4n) is 2.01. The molecule has 0 radical (unpaired) electrons. The van der Waals surface area contributed by atoms with Crippen molar-refractivity contribution >= 4 is 10.8 Å². The average molecular weight is 198 g/mol. The van der Waals surface area contributed by atoms with E-state index in [1.54, 1.807) is 0 Å².